The molecule has 4 rings (SSSR count). The number of hydrogen-bond acceptors (Lipinski definition) is 6. The molecule has 2 aromatic rings. The van der Waals surface area contributed by atoms with E-state index in [4.69, 9.17) is 4.74 Å². The lowest BCUT2D eigenvalue weighted by Gasteiger charge is -2.34. The van der Waals surface area contributed by atoms with Gasteiger partial charge in [0.15, 0.2) is 6.04 Å². The lowest BCUT2D eigenvalue weighted by atomic mass is 10.2. The molecule has 3 heterocycles. The summed E-state index contributed by atoms with van der Waals surface area (Å²) in [7, 11) is 0. The number of piperazine rings is 1. The summed E-state index contributed by atoms with van der Waals surface area (Å²) in [5.41, 5.74) is 0.608. The van der Waals surface area contributed by atoms with Gasteiger partial charge in [-0.15, -0.1) is 0 Å². The number of amides is 2. The molecule has 1 N–H and O–H groups in total. The van der Waals surface area contributed by atoms with E-state index in [-0.39, 0.29) is 24.3 Å². The minimum atomic E-state index is -0.321. The number of aromatic nitrogens is 2. The Kier molecular flexibility index (Phi) is 5.21. The molecule has 1 atom stereocenters. The molecular weight excluding hydrogens is 358 g/mol. The van der Waals surface area contributed by atoms with E-state index in [1.165, 1.54) is 4.90 Å². The highest BCUT2D eigenvalue weighted by molar-refractivity contribution is 6.21. The first-order valence-corrected chi connectivity index (χ1v) is 9.63. The maximum absolute atomic E-state index is 13.0. The van der Waals surface area contributed by atoms with Crippen LogP contribution < -0.4 is 19.4 Å². The average Bonchev–Trinajstić information content (AvgIpc) is 3.04. The molecule has 2 fully saturated rings. The fourth-order valence-corrected chi connectivity index (χ4v) is 3.88. The van der Waals surface area contributed by atoms with Crippen molar-refractivity contribution in [2.45, 2.75) is 19.4 Å². The highest BCUT2D eigenvalue weighted by Gasteiger charge is 2.46. The molecule has 28 heavy (non-hydrogen) atoms. The van der Waals surface area contributed by atoms with Gasteiger partial charge in [-0.1, -0.05) is 0 Å². The molecule has 0 aliphatic carbocycles. The van der Waals surface area contributed by atoms with Crippen molar-refractivity contribution < 1.29 is 19.2 Å². The van der Waals surface area contributed by atoms with Crippen molar-refractivity contribution in [2.75, 3.05) is 42.6 Å². The number of anilines is 2. The Bertz CT molecular complexity index is 835. The third-order valence-electron chi connectivity index (χ3n) is 5.29. The molecule has 8 nitrogen and oxygen atoms in total. The summed E-state index contributed by atoms with van der Waals surface area (Å²) in [5.74, 6) is 1.19. The second kappa shape index (κ2) is 7.93. The Balaban J connectivity index is 1.41. The van der Waals surface area contributed by atoms with Crippen molar-refractivity contribution >= 4 is 23.5 Å². The van der Waals surface area contributed by atoms with Crippen LogP contribution in [0, 0.1) is 0 Å². The molecule has 0 radical (unpaired) electrons. The summed E-state index contributed by atoms with van der Waals surface area (Å²) in [6.45, 7) is 5.57. The molecule has 2 saturated heterocycles. The SMILES string of the molecule is CCOc1ccc(N2C(=O)C[C@H]([NH+]3CCN(c4ncccn4)CC3)C2=O)cc1. The molecular formula is C20H24N5O3+. The highest BCUT2D eigenvalue weighted by atomic mass is 16.5. The van der Waals surface area contributed by atoms with Gasteiger partial charge < -0.3 is 14.5 Å². The second-order valence-corrected chi connectivity index (χ2v) is 6.95. The third-order valence-corrected chi connectivity index (χ3v) is 5.29. The average molecular weight is 382 g/mol. The first-order valence-electron chi connectivity index (χ1n) is 9.63. The van der Waals surface area contributed by atoms with E-state index in [0.717, 1.165) is 36.8 Å². The molecule has 2 aliphatic heterocycles. The number of benzene rings is 1. The number of imide groups is 1. The summed E-state index contributed by atoms with van der Waals surface area (Å²) in [5, 5.41) is 0. The number of quaternary nitrogens is 1. The van der Waals surface area contributed by atoms with Crippen molar-refractivity contribution in [1.29, 1.82) is 0 Å². The van der Waals surface area contributed by atoms with Crippen LogP contribution in [0.25, 0.3) is 0 Å². The van der Waals surface area contributed by atoms with E-state index >= 15 is 0 Å². The fourth-order valence-electron chi connectivity index (χ4n) is 3.88. The van der Waals surface area contributed by atoms with Crippen molar-refractivity contribution in [1.82, 2.24) is 9.97 Å². The predicted molar refractivity (Wildman–Crippen MR) is 103 cm³/mol. The minimum absolute atomic E-state index is 0.117. The molecule has 0 bridgehead atoms. The zero-order valence-corrected chi connectivity index (χ0v) is 15.9. The van der Waals surface area contributed by atoms with Crippen LogP contribution in [0.15, 0.2) is 42.7 Å². The molecule has 8 heteroatoms. The summed E-state index contributed by atoms with van der Waals surface area (Å²) in [6, 6.07) is 8.59. The molecule has 146 valence electrons. The van der Waals surface area contributed by atoms with Gasteiger partial charge in [-0.2, -0.15) is 0 Å². The first kappa shape index (κ1) is 18.4. The number of ether oxygens (including phenoxy) is 1. The Morgan fingerprint density at radius 2 is 1.79 bits per heavy atom. The van der Waals surface area contributed by atoms with E-state index in [1.807, 2.05) is 6.92 Å². The van der Waals surface area contributed by atoms with Crippen LogP contribution in [0.1, 0.15) is 13.3 Å². The van der Waals surface area contributed by atoms with Crippen molar-refractivity contribution in [3.8, 4) is 5.75 Å². The number of carbonyl (C=O) groups is 2. The van der Waals surface area contributed by atoms with Crippen LogP contribution in [0.2, 0.25) is 0 Å². The number of nitrogens with one attached hydrogen (secondary N) is 1. The topological polar surface area (TPSA) is 80.1 Å². The van der Waals surface area contributed by atoms with Gasteiger partial charge in [-0.05, 0) is 37.3 Å². The molecule has 0 saturated carbocycles. The lowest BCUT2D eigenvalue weighted by Crippen LogP contribution is -3.19. The van der Waals surface area contributed by atoms with E-state index < -0.39 is 0 Å². The molecule has 2 amide bonds. The van der Waals surface area contributed by atoms with Gasteiger partial charge in [0.05, 0.1) is 44.9 Å². The summed E-state index contributed by atoms with van der Waals surface area (Å²) >= 11 is 0. The van der Waals surface area contributed by atoms with Gasteiger partial charge in [0.25, 0.3) is 5.91 Å². The van der Waals surface area contributed by atoms with Crippen LogP contribution in [0.5, 0.6) is 5.75 Å². The fraction of sp³-hybridized carbons (Fsp3) is 0.400. The largest absolute Gasteiger partial charge is 0.494 e. The van der Waals surface area contributed by atoms with Crippen molar-refractivity contribution in [2.24, 2.45) is 0 Å². The van der Waals surface area contributed by atoms with Crippen molar-refractivity contribution in [3.63, 3.8) is 0 Å². The van der Waals surface area contributed by atoms with Crippen LogP contribution in [0.4, 0.5) is 11.6 Å². The predicted octanol–water partition coefficient (Wildman–Crippen LogP) is -0.0877. The van der Waals surface area contributed by atoms with E-state index in [9.17, 15) is 9.59 Å². The Morgan fingerprint density at radius 3 is 2.43 bits per heavy atom. The normalized spacial score (nSPS) is 20.7. The minimum Gasteiger partial charge on any atom is -0.494 e. The number of hydrogen-bond donors (Lipinski definition) is 1. The standard InChI is InChI=1S/C20H23N5O3/c1-2-28-16-6-4-15(5-7-16)25-18(26)14-17(19(25)27)23-10-12-24(13-11-23)20-21-8-3-9-22-20/h3-9,17H,2,10-14H2,1H3/p+1/t17-/m0/s1. The molecule has 0 unspecified atom stereocenters. The molecule has 1 aromatic carbocycles. The van der Waals surface area contributed by atoms with Gasteiger partial charge in [0.2, 0.25) is 11.9 Å². The maximum atomic E-state index is 13.0. The number of carbonyl (C=O) groups excluding carboxylic acids is 2. The van der Waals surface area contributed by atoms with Gasteiger partial charge in [-0.3, -0.25) is 9.59 Å². The Labute approximate surface area is 163 Å². The van der Waals surface area contributed by atoms with Gasteiger partial charge in [0, 0.05) is 12.4 Å². The van der Waals surface area contributed by atoms with Crippen molar-refractivity contribution in [3.05, 3.63) is 42.7 Å². The van der Waals surface area contributed by atoms with Gasteiger partial charge >= 0.3 is 0 Å². The lowest BCUT2D eigenvalue weighted by molar-refractivity contribution is -0.915. The molecule has 2 aliphatic rings. The molecule has 1 aromatic heterocycles. The van der Waals surface area contributed by atoms with Crippen LogP contribution >= 0.6 is 0 Å². The smallest absolute Gasteiger partial charge is 0.292 e. The zero-order chi connectivity index (χ0) is 19.5. The third kappa shape index (κ3) is 3.55. The Morgan fingerprint density at radius 1 is 1.11 bits per heavy atom. The van der Waals surface area contributed by atoms with Gasteiger partial charge in [0.1, 0.15) is 5.75 Å². The zero-order valence-electron chi connectivity index (χ0n) is 15.9. The molecule has 0 spiro atoms. The monoisotopic (exact) mass is 382 g/mol. The summed E-state index contributed by atoms with van der Waals surface area (Å²) < 4.78 is 5.43. The van der Waals surface area contributed by atoms with E-state index in [1.54, 1.807) is 42.7 Å². The highest BCUT2D eigenvalue weighted by Crippen LogP contribution is 2.24. The maximum Gasteiger partial charge on any atom is 0.292 e. The number of rotatable bonds is 5. The van der Waals surface area contributed by atoms with E-state index in [2.05, 4.69) is 14.9 Å². The van der Waals surface area contributed by atoms with Crippen LogP contribution in [-0.2, 0) is 9.59 Å². The first-order chi connectivity index (χ1) is 13.7. The number of nitrogens with zero attached hydrogens (tertiary/aromatic N) is 4. The summed E-state index contributed by atoms with van der Waals surface area (Å²) in [4.78, 5) is 38.7. The second-order valence-electron chi connectivity index (χ2n) is 6.95. The van der Waals surface area contributed by atoms with Gasteiger partial charge in [-0.25, -0.2) is 14.9 Å². The Hall–Kier alpha value is -3.00. The quantitative estimate of drug-likeness (QED) is 0.729. The van der Waals surface area contributed by atoms with E-state index in [0.29, 0.717) is 18.2 Å². The van der Waals surface area contributed by atoms with Crippen LogP contribution in [0.3, 0.4) is 0 Å². The van der Waals surface area contributed by atoms with Crippen LogP contribution in [-0.4, -0.2) is 60.6 Å². The summed E-state index contributed by atoms with van der Waals surface area (Å²) in [6.07, 6.45) is 3.72.